The van der Waals surface area contributed by atoms with E-state index in [2.05, 4.69) is 11.9 Å². The zero-order valence-electron chi connectivity index (χ0n) is 12.0. The van der Waals surface area contributed by atoms with Gasteiger partial charge in [0.1, 0.15) is 10.8 Å². The smallest absolute Gasteiger partial charge is 0.132 e. The molecule has 5 nitrogen and oxygen atoms in total. The molecule has 0 spiro atoms. The molecule has 1 atom stereocenters. The summed E-state index contributed by atoms with van der Waals surface area (Å²) in [6, 6.07) is 1.88. The van der Waals surface area contributed by atoms with Crippen molar-refractivity contribution < 1.29 is 0 Å². The number of nitrogens with one attached hydrogen (secondary N) is 1. The van der Waals surface area contributed by atoms with Gasteiger partial charge in [-0.3, -0.25) is 0 Å². The standard InChI is InChI=1S/C15H19N5S/c1-15(8-17)5-2-3-11-12(15)20-14(21-11)9-4-6-19-13(18)10(9)7-16/h4,6-7,16H,2-3,5,8,17H2,1H3,(H2,18,19). The molecule has 3 rings (SSSR count). The Morgan fingerprint density at radius 1 is 1.52 bits per heavy atom. The van der Waals surface area contributed by atoms with Gasteiger partial charge in [-0.15, -0.1) is 11.3 Å². The third kappa shape index (κ3) is 2.24. The molecule has 0 aliphatic heterocycles. The summed E-state index contributed by atoms with van der Waals surface area (Å²) >= 11 is 1.69. The maximum Gasteiger partial charge on any atom is 0.132 e. The molecule has 0 amide bonds. The molecular weight excluding hydrogens is 282 g/mol. The molecule has 5 N–H and O–H groups in total. The number of hydrogen-bond acceptors (Lipinski definition) is 6. The van der Waals surface area contributed by atoms with E-state index in [4.69, 9.17) is 21.9 Å². The third-order valence-corrected chi connectivity index (χ3v) is 5.40. The van der Waals surface area contributed by atoms with E-state index in [1.165, 1.54) is 11.1 Å². The Balaban J connectivity index is 2.15. The average Bonchev–Trinajstić information content (AvgIpc) is 2.92. The summed E-state index contributed by atoms with van der Waals surface area (Å²) in [5, 5.41) is 8.47. The summed E-state index contributed by atoms with van der Waals surface area (Å²) in [4.78, 5) is 10.2. The first kappa shape index (κ1) is 14.2. The maximum absolute atomic E-state index is 7.56. The highest BCUT2D eigenvalue weighted by Gasteiger charge is 2.34. The first-order valence-electron chi connectivity index (χ1n) is 7.04. The number of nitrogen functional groups attached to an aromatic ring is 1. The van der Waals surface area contributed by atoms with Crippen molar-refractivity contribution in [2.45, 2.75) is 31.6 Å². The van der Waals surface area contributed by atoms with Crippen LogP contribution in [-0.4, -0.2) is 22.7 Å². The van der Waals surface area contributed by atoms with Crippen molar-refractivity contribution in [3.8, 4) is 10.6 Å². The fraction of sp³-hybridized carbons (Fsp3) is 0.400. The summed E-state index contributed by atoms with van der Waals surface area (Å²) < 4.78 is 0. The number of pyridine rings is 1. The van der Waals surface area contributed by atoms with Gasteiger partial charge in [0, 0.05) is 40.4 Å². The van der Waals surface area contributed by atoms with Gasteiger partial charge in [0.05, 0.1) is 5.69 Å². The van der Waals surface area contributed by atoms with Gasteiger partial charge < -0.3 is 16.9 Å². The molecule has 0 saturated heterocycles. The second-order valence-corrected chi connectivity index (χ2v) is 6.79. The van der Waals surface area contributed by atoms with Crippen LogP contribution in [0, 0.1) is 5.41 Å². The van der Waals surface area contributed by atoms with Crippen LogP contribution in [0.3, 0.4) is 0 Å². The number of aryl methyl sites for hydroxylation is 1. The molecule has 6 heteroatoms. The van der Waals surface area contributed by atoms with Crippen LogP contribution in [0.2, 0.25) is 0 Å². The largest absolute Gasteiger partial charge is 0.383 e. The van der Waals surface area contributed by atoms with Crippen molar-refractivity contribution in [1.29, 1.82) is 5.41 Å². The minimum absolute atomic E-state index is 0.0360. The predicted octanol–water partition coefficient (Wildman–Crippen LogP) is 2.34. The summed E-state index contributed by atoms with van der Waals surface area (Å²) in [7, 11) is 0. The van der Waals surface area contributed by atoms with Crippen LogP contribution in [0.4, 0.5) is 5.82 Å². The van der Waals surface area contributed by atoms with Gasteiger partial charge in [-0.05, 0) is 25.3 Å². The number of thiazole rings is 1. The van der Waals surface area contributed by atoms with Crippen molar-refractivity contribution in [2.24, 2.45) is 5.73 Å². The van der Waals surface area contributed by atoms with Crippen molar-refractivity contribution in [3.63, 3.8) is 0 Å². The van der Waals surface area contributed by atoms with E-state index in [1.54, 1.807) is 17.5 Å². The normalized spacial score (nSPS) is 21.0. The number of aromatic nitrogens is 2. The van der Waals surface area contributed by atoms with Crippen LogP contribution in [0.1, 0.15) is 35.9 Å². The van der Waals surface area contributed by atoms with E-state index in [0.717, 1.165) is 35.5 Å². The Morgan fingerprint density at radius 2 is 2.33 bits per heavy atom. The molecule has 1 aliphatic rings. The minimum Gasteiger partial charge on any atom is -0.383 e. The van der Waals surface area contributed by atoms with Crippen LogP contribution >= 0.6 is 11.3 Å². The summed E-state index contributed by atoms with van der Waals surface area (Å²) in [6.45, 7) is 2.80. The Morgan fingerprint density at radius 3 is 3.05 bits per heavy atom. The van der Waals surface area contributed by atoms with Gasteiger partial charge in [-0.1, -0.05) is 6.92 Å². The summed E-state index contributed by atoms with van der Waals surface area (Å²) in [5.41, 5.74) is 14.5. The predicted molar refractivity (Wildman–Crippen MR) is 87.0 cm³/mol. The first-order chi connectivity index (χ1) is 10.1. The lowest BCUT2D eigenvalue weighted by Crippen LogP contribution is -2.35. The molecule has 0 aromatic carbocycles. The molecule has 0 radical (unpaired) electrons. The van der Waals surface area contributed by atoms with Crippen LogP contribution in [0.25, 0.3) is 10.6 Å². The molecule has 0 fully saturated rings. The van der Waals surface area contributed by atoms with Crippen LogP contribution in [-0.2, 0) is 11.8 Å². The lowest BCUT2D eigenvalue weighted by Gasteiger charge is -2.31. The average molecular weight is 301 g/mol. The molecule has 0 bridgehead atoms. The van der Waals surface area contributed by atoms with Gasteiger partial charge in [0.15, 0.2) is 0 Å². The van der Waals surface area contributed by atoms with E-state index >= 15 is 0 Å². The van der Waals surface area contributed by atoms with E-state index in [-0.39, 0.29) is 5.41 Å². The van der Waals surface area contributed by atoms with Gasteiger partial charge in [0.25, 0.3) is 0 Å². The first-order valence-corrected chi connectivity index (χ1v) is 7.86. The fourth-order valence-electron chi connectivity index (χ4n) is 2.89. The number of anilines is 1. The fourth-order valence-corrected chi connectivity index (χ4v) is 4.19. The van der Waals surface area contributed by atoms with Gasteiger partial charge in [0.2, 0.25) is 0 Å². The van der Waals surface area contributed by atoms with Gasteiger partial charge >= 0.3 is 0 Å². The van der Waals surface area contributed by atoms with Crippen LogP contribution in [0.5, 0.6) is 0 Å². The van der Waals surface area contributed by atoms with Crippen LogP contribution < -0.4 is 11.5 Å². The second kappa shape index (κ2) is 5.20. The zero-order chi connectivity index (χ0) is 15.0. The van der Waals surface area contributed by atoms with Crippen LogP contribution in [0.15, 0.2) is 12.3 Å². The second-order valence-electron chi connectivity index (χ2n) is 5.71. The summed E-state index contributed by atoms with van der Waals surface area (Å²) in [6.07, 6.45) is 6.21. The van der Waals surface area contributed by atoms with Crippen molar-refractivity contribution in [2.75, 3.05) is 12.3 Å². The number of nitrogens with zero attached hydrogens (tertiary/aromatic N) is 2. The Labute approximate surface area is 127 Å². The van der Waals surface area contributed by atoms with E-state index in [0.29, 0.717) is 17.9 Å². The number of rotatable bonds is 3. The Hall–Kier alpha value is -1.79. The molecule has 2 heterocycles. The lowest BCUT2D eigenvalue weighted by molar-refractivity contribution is 0.397. The lowest BCUT2D eigenvalue weighted by atomic mass is 9.77. The molecule has 1 aliphatic carbocycles. The van der Waals surface area contributed by atoms with Gasteiger partial charge in [-0.25, -0.2) is 9.97 Å². The molecule has 1 unspecified atom stereocenters. The molecular formula is C15H19N5S. The number of hydrogen-bond donors (Lipinski definition) is 3. The van der Waals surface area contributed by atoms with Crippen molar-refractivity contribution in [1.82, 2.24) is 9.97 Å². The highest BCUT2D eigenvalue weighted by atomic mass is 32.1. The monoisotopic (exact) mass is 301 g/mol. The number of fused-ring (bicyclic) bond motifs is 1. The quantitative estimate of drug-likeness (QED) is 0.757. The zero-order valence-corrected chi connectivity index (χ0v) is 12.8. The third-order valence-electron chi connectivity index (χ3n) is 4.25. The van der Waals surface area contributed by atoms with Crippen molar-refractivity contribution in [3.05, 3.63) is 28.4 Å². The van der Waals surface area contributed by atoms with E-state index in [1.807, 2.05) is 6.07 Å². The molecule has 2 aromatic rings. The molecule has 2 aromatic heterocycles. The minimum atomic E-state index is -0.0360. The SMILES string of the molecule is CC1(CN)CCCc2sc(-c3ccnc(N)c3C=N)nc21. The Kier molecular flexibility index (Phi) is 3.51. The molecule has 21 heavy (non-hydrogen) atoms. The summed E-state index contributed by atoms with van der Waals surface area (Å²) in [5.74, 6) is 0.372. The highest BCUT2D eigenvalue weighted by molar-refractivity contribution is 7.15. The molecule has 0 saturated carbocycles. The Bertz CT molecular complexity index is 693. The molecule has 110 valence electrons. The highest BCUT2D eigenvalue weighted by Crippen LogP contribution is 2.41. The number of nitrogens with two attached hydrogens (primary N) is 2. The maximum atomic E-state index is 7.56. The van der Waals surface area contributed by atoms with Gasteiger partial charge in [-0.2, -0.15) is 0 Å². The topological polar surface area (TPSA) is 102 Å². The van der Waals surface area contributed by atoms with E-state index < -0.39 is 0 Å². The van der Waals surface area contributed by atoms with Crippen molar-refractivity contribution >= 4 is 23.4 Å². The van der Waals surface area contributed by atoms with E-state index in [9.17, 15) is 0 Å².